The fourth-order valence-corrected chi connectivity index (χ4v) is 6.98. The van der Waals surface area contributed by atoms with Crippen LogP contribution in [0, 0.1) is 20.2 Å². The molecule has 0 fully saturated rings. The maximum Gasteiger partial charge on any atom is 0.276 e. The molecular weight excluding hydrogens is 572 g/mol. The van der Waals surface area contributed by atoms with Gasteiger partial charge in [0.1, 0.15) is 0 Å². The van der Waals surface area contributed by atoms with E-state index in [0.29, 0.717) is 24.5 Å². The quantitative estimate of drug-likeness (QED) is 0.176. The first-order valence-electron chi connectivity index (χ1n) is 14.8. The Bertz CT molecular complexity index is 2110. The summed E-state index contributed by atoms with van der Waals surface area (Å²) in [6.07, 6.45) is 3.36. The van der Waals surface area contributed by atoms with Gasteiger partial charge in [-0.1, -0.05) is 44.2 Å². The Kier molecular flexibility index (Phi) is 6.91. The van der Waals surface area contributed by atoms with Gasteiger partial charge in [0.15, 0.2) is 12.3 Å². The largest absolute Gasteiger partial charge is 0.364 e. The van der Waals surface area contributed by atoms with E-state index in [2.05, 4.69) is 0 Å². The molecule has 0 saturated heterocycles. The molecule has 1 atom stereocenters. The summed E-state index contributed by atoms with van der Waals surface area (Å²) in [6, 6.07) is 18.9. The minimum absolute atomic E-state index is 0.0140. The molecule has 6 rings (SSSR count). The van der Waals surface area contributed by atoms with Crippen molar-refractivity contribution in [3.8, 4) is 0 Å². The van der Waals surface area contributed by atoms with Crippen LogP contribution >= 0.6 is 0 Å². The Labute approximate surface area is 258 Å². The first-order chi connectivity index (χ1) is 21.3. The summed E-state index contributed by atoms with van der Waals surface area (Å²) in [4.78, 5) is 51.6. The summed E-state index contributed by atoms with van der Waals surface area (Å²) in [7, 11) is 0. The topological polar surface area (TPSA) is 127 Å². The molecule has 0 N–H and O–H groups in total. The van der Waals surface area contributed by atoms with Crippen LogP contribution in [0.2, 0.25) is 0 Å². The number of hydrogen-bond donors (Lipinski definition) is 0. The summed E-state index contributed by atoms with van der Waals surface area (Å²) in [5.74, 6) is 0. The minimum Gasteiger partial charge on any atom is -0.364 e. The zero-order chi connectivity index (χ0) is 32.4. The van der Waals surface area contributed by atoms with Crippen molar-refractivity contribution in [2.24, 2.45) is 0 Å². The molecule has 0 radical (unpaired) electrons. The van der Waals surface area contributed by atoms with Crippen molar-refractivity contribution in [1.29, 1.82) is 0 Å². The standard InChI is InChI=1S/C35H33N4O6/c1-6-36-28-16-22(38(42)43)12-14-26(28)34(2,3)30(36)18-24-32(40)25(33(24)41)19-31-35(4,5)27-15-13-23(39(44)45)17-29(27)37(31)20-21-10-8-7-9-11-21/h7-19,30H,6,20H2,1-5H3/q+1. The van der Waals surface area contributed by atoms with E-state index in [1.807, 2.05) is 74.4 Å². The van der Waals surface area contributed by atoms with Crippen molar-refractivity contribution < 1.29 is 14.4 Å². The number of anilines is 1. The van der Waals surface area contributed by atoms with E-state index in [1.165, 1.54) is 12.1 Å². The van der Waals surface area contributed by atoms with E-state index < -0.39 is 20.7 Å². The lowest BCUT2D eigenvalue weighted by Gasteiger charge is -2.31. The molecule has 0 spiro atoms. The van der Waals surface area contributed by atoms with Gasteiger partial charge in [-0.05, 0) is 44.5 Å². The highest BCUT2D eigenvalue weighted by molar-refractivity contribution is 6.15. The molecule has 4 aromatic carbocycles. The van der Waals surface area contributed by atoms with Gasteiger partial charge in [-0.15, -0.1) is 0 Å². The molecule has 0 bridgehead atoms. The first-order valence-corrected chi connectivity index (χ1v) is 14.8. The number of benzene rings is 3. The van der Waals surface area contributed by atoms with Crippen LogP contribution < -0.4 is 26.2 Å². The molecular formula is C35H33N4O6+. The van der Waals surface area contributed by atoms with E-state index in [9.17, 15) is 29.8 Å². The Morgan fingerprint density at radius 3 is 2.04 bits per heavy atom. The van der Waals surface area contributed by atoms with Gasteiger partial charge in [0.05, 0.1) is 37.8 Å². The van der Waals surface area contributed by atoms with Crippen molar-refractivity contribution in [2.45, 2.75) is 58.0 Å². The van der Waals surface area contributed by atoms with Crippen molar-refractivity contribution in [3.05, 3.63) is 135 Å². The van der Waals surface area contributed by atoms with Gasteiger partial charge in [0.25, 0.3) is 11.4 Å². The molecule has 2 aliphatic rings. The second-order valence-electron chi connectivity index (χ2n) is 12.7. The number of non-ortho nitro benzene ring substituents is 2. The van der Waals surface area contributed by atoms with Crippen LogP contribution in [0.3, 0.4) is 0 Å². The Balaban J connectivity index is 1.49. The maximum atomic E-state index is 13.7. The van der Waals surface area contributed by atoms with E-state index in [4.69, 9.17) is 0 Å². The maximum absolute atomic E-state index is 13.7. The summed E-state index contributed by atoms with van der Waals surface area (Å²) < 4.78 is 1.95. The van der Waals surface area contributed by atoms with Crippen molar-refractivity contribution in [2.75, 3.05) is 11.4 Å². The lowest BCUT2D eigenvalue weighted by atomic mass is 9.79. The van der Waals surface area contributed by atoms with E-state index in [0.717, 1.165) is 22.4 Å². The number of hydrogen-bond acceptors (Lipinski definition) is 7. The Morgan fingerprint density at radius 2 is 1.44 bits per heavy atom. The van der Waals surface area contributed by atoms with Crippen LogP contribution in [0.15, 0.2) is 76.3 Å². The zero-order valence-electron chi connectivity index (χ0n) is 25.7. The second kappa shape index (κ2) is 10.4. The predicted molar refractivity (Wildman–Crippen MR) is 174 cm³/mol. The molecule has 4 aromatic rings. The molecule has 0 saturated carbocycles. The molecule has 1 unspecified atom stereocenters. The highest BCUT2D eigenvalue weighted by Gasteiger charge is 2.46. The summed E-state index contributed by atoms with van der Waals surface area (Å²) >= 11 is 0. The van der Waals surface area contributed by atoms with Crippen LogP contribution in [-0.2, 0) is 17.4 Å². The fraction of sp³-hybridized carbons (Fsp3) is 0.286. The van der Waals surface area contributed by atoms with E-state index in [-0.39, 0.29) is 38.7 Å². The SMILES string of the molecule is CCN1c2cc([N+](=O)[O-])ccc2C(C)(C)C1C=c1c(=O)c(=CC2=[N+](Cc3ccccc3)c3cc([N+](=O)[O-])ccc3C2(C)C)c1=O. The Morgan fingerprint density at radius 1 is 0.844 bits per heavy atom. The highest BCUT2D eigenvalue weighted by atomic mass is 16.6. The zero-order valence-corrected chi connectivity index (χ0v) is 25.7. The average Bonchev–Trinajstić information content (AvgIpc) is 3.36. The highest BCUT2D eigenvalue weighted by Crippen LogP contribution is 2.47. The third-order valence-electron chi connectivity index (χ3n) is 9.47. The second-order valence-corrected chi connectivity index (χ2v) is 12.7. The van der Waals surface area contributed by atoms with Gasteiger partial charge < -0.3 is 4.90 Å². The van der Waals surface area contributed by atoms with Crippen LogP contribution in [0.4, 0.5) is 22.7 Å². The minimum atomic E-state index is -0.644. The van der Waals surface area contributed by atoms with Gasteiger partial charge in [-0.2, -0.15) is 4.58 Å². The predicted octanol–water partition coefficient (Wildman–Crippen LogP) is 4.12. The monoisotopic (exact) mass is 605 g/mol. The van der Waals surface area contributed by atoms with Gasteiger partial charge >= 0.3 is 0 Å². The van der Waals surface area contributed by atoms with Gasteiger partial charge in [-0.25, -0.2) is 0 Å². The smallest absolute Gasteiger partial charge is 0.276 e. The Hall–Kier alpha value is -5.25. The van der Waals surface area contributed by atoms with Gasteiger partial charge in [0.2, 0.25) is 16.5 Å². The number of likely N-dealkylation sites (N-methyl/N-ethyl adjacent to an activating group) is 1. The molecule has 45 heavy (non-hydrogen) atoms. The third-order valence-corrected chi connectivity index (χ3v) is 9.47. The lowest BCUT2D eigenvalue weighted by molar-refractivity contribution is -0.455. The lowest BCUT2D eigenvalue weighted by Crippen LogP contribution is -2.66. The van der Waals surface area contributed by atoms with Crippen molar-refractivity contribution in [3.63, 3.8) is 0 Å². The van der Waals surface area contributed by atoms with Crippen LogP contribution in [0.1, 0.15) is 51.3 Å². The molecule has 2 heterocycles. The molecule has 10 heteroatoms. The molecule has 0 amide bonds. The van der Waals surface area contributed by atoms with Crippen LogP contribution in [0.5, 0.6) is 0 Å². The number of rotatable bonds is 7. The number of nitro groups is 2. The van der Waals surface area contributed by atoms with Crippen LogP contribution in [0.25, 0.3) is 12.2 Å². The summed E-state index contributed by atoms with van der Waals surface area (Å²) in [5, 5.41) is 23.3. The molecule has 2 aliphatic heterocycles. The number of nitrogens with zero attached hydrogens (tertiary/aromatic N) is 4. The van der Waals surface area contributed by atoms with Gasteiger partial charge in [0, 0.05) is 53.0 Å². The van der Waals surface area contributed by atoms with E-state index in [1.54, 1.807) is 36.4 Å². The van der Waals surface area contributed by atoms with Crippen molar-refractivity contribution >= 4 is 40.6 Å². The summed E-state index contributed by atoms with van der Waals surface area (Å²) in [6.45, 7) is 10.8. The first kappa shape index (κ1) is 29.8. The average molecular weight is 606 g/mol. The molecule has 0 aromatic heterocycles. The van der Waals surface area contributed by atoms with Crippen molar-refractivity contribution in [1.82, 2.24) is 0 Å². The third kappa shape index (κ3) is 4.59. The normalized spacial score (nSPS) is 17.7. The summed E-state index contributed by atoms with van der Waals surface area (Å²) in [5.41, 5.74) is 2.90. The molecule has 228 valence electrons. The number of nitro benzene ring substituents is 2. The molecule has 10 nitrogen and oxygen atoms in total. The van der Waals surface area contributed by atoms with Crippen LogP contribution in [-0.4, -0.2) is 32.7 Å². The van der Waals surface area contributed by atoms with E-state index >= 15 is 0 Å². The van der Waals surface area contributed by atoms with Gasteiger partial charge in [-0.3, -0.25) is 29.8 Å². The molecule has 0 aliphatic carbocycles. The number of fused-ring (bicyclic) bond motifs is 2. The fourth-order valence-electron chi connectivity index (χ4n) is 6.98.